The second-order valence-electron chi connectivity index (χ2n) is 3.91. The quantitative estimate of drug-likeness (QED) is 0.613. The van der Waals surface area contributed by atoms with Crippen LogP contribution in [0.25, 0.3) is 0 Å². The SMILES string of the molecule is CCC(Oc1ccc2c(c1)OC/C2=N\O)C(N)=O. The first-order chi connectivity index (χ1) is 8.65. The molecule has 1 aliphatic rings. The van der Waals surface area contributed by atoms with E-state index >= 15 is 0 Å². The minimum absolute atomic E-state index is 0.225. The number of amides is 1. The number of nitrogens with two attached hydrogens (primary N) is 1. The Labute approximate surface area is 104 Å². The standard InChI is InChI=1S/C12H14N2O4/c1-2-10(12(13)15)18-7-3-4-8-9(14-16)6-17-11(8)5-7/h3-5,10,16H,2,6H2,1H3,(H2,13,15)/b14-9+. The van der Waals surface area contributed by atoms with Gasteiger partial charge >= 0.3 is 0 Å². The van der Waals surface area contributed by atoms with Crippen LogP contribution in [-0.2, 0) is 4.79 Å². The highest BCUT2D eigenvalue weighted by Gasteiger charge is 2.22. The normalized spacial score (nSPS) is 17.1. The predicted octanol–water partition coefficient (Wildman–Crippen LogP) is 0.900. The number of fused-ring (bicyclic) bond motifs is 1. The van der Waals surface area contributed by atoms with Crippen molar-refractivity contribution in [1.29, 1.82) is 0 Å². The minimum Gasteiger partial charge on any atom is -0.486 e. The third-order valence-electron chi connectivity index (χ3n) is 2.72. The van der Waals surface area contributed by atoms with Gasteiger partial charge in [0.15, 0.2) is 6.10 Å². The molecule has 1 amide bonds. The van der Waals surface area contributed by atoms with Gasteiger partial charge in [-0.15, -0.1) is 0 Å². The molecule has 1 aromatic rings. The van der Waals surface area contributed by atoms with Gasteiger partial charge in [0.2, 0.25) is 0 Å². The fourth-order valence-corrected chi connectivity index (χ4v) is 1.75. The number of rotatable bonds is 4. The summed E-state index contributed by atoms with van der Waals surface area (Å²) < 4.78 is 10.8. The monoisotopic (exact) mass is 250 g/mol. The summed E-state index contributed by atoms with van der Waals surface area (Å²) in [5, 5.41) is 11.9. The Morgan fingerprint density at radius 2 is 2.44 bits per heavy atom. The van der Waals surface area contributed by atoms with Crippen LogP contribution in [0.3, 0.4) is 0 Å². The van der Waals surface area contributed by atoms with Crippen LogP contribution in [0.2, 0.25) is 0 Å². The molecular formula is C12H14N2O4. The lowest BCUT2D eigenvalue weighted by Crippen LogP contribution is -2.32. The van der Waals surface area contributed by atoms with Crippen molar-refractivity contribution >= 4 is 11.6 Å². The molecule has 2 rings (SSSR count). The summed E-state index contributed by atoms with van der Waals surface area (Å²) in [7, 11) is 0. The highest BCUT2D eigenvalue weighted by Crippen LogP contribution is 2.30. The van der Waals surface area contributed by atoms with Crippen LogP contribution in [-0.4, -0.2) is 29.5 Å². The number of nitrogens with zero attached hydrogens (tertiary/aromatic N) is 1. The van der Waals surface area contributed by atoms with Crippen molar-refractivity contribution in [3.8, 4) is 11.5 Å². The van der Waals surface area contributed by atoms with Gasteiger partial charge in [0.05, 0.1) is 0 Å². The van der Waals surface area contributed by atoms with E-state index in [4.69, 9.17) is 20.4 Å². The van der Waals surface area contributed by atoms with Crippen LogP contribution in [0, 0.1) is 0 Å². The highest BCUT2D eigenvalue weighted by atomic mass is 16.5. The maximum absolute atomic E-state index is 11.1. The first-order valence-electron chi connectivity index (χ1n) is 5.59. The molecule has 0 aliphatic carbocycles. The van der Waals surface area contributed by atoms with Gasteiger partial charge < -0.3 is 20.4 Å². The van der Waals surface area contributed by atoms with Gasteiger partial charge in [-0.3, -0.25) is 4.79 Å². The molecule has 1 aromatic carbocycles. The minimum atomic E-state index is -0.657. The molecule has 1 atom stereocenters. The van der Waals surface area contributed by atoms with Crippen LogP contribution in [0.5, 0.6) is 11.5 Å². The molecule has 18 heavy (non-hydrogen) atoms. The van der Waals surface area contributed by atoms with Crippen LogP contribution < -0.4 is 15.2 Å². The van der Waals surface area contributed by atoms with Crippen LogP contribution in [0.15, 0.2) is 23.4 Å². The molecule has 1 aliphatic heterocycles. The van der Waals surface area contributed by atoms with E-state index in [0.717, 1.165) is 5.56 Å². The van der Waals surface area contributed by atoms with E-state index in [-0.39, 0.29) is 6.61 Å². The first-order valence-corrected chi connectivity index (χ1v) is 5.59. The second-order valence-corrected chi connectivity index (χ2v) is 3.91. The Bertz CT molecular complexity index is 499. The molecule has 0 aromatic heterocycles. The van der Waals surface area contributed by atoms with Crippen molar-refractivity contribution in [2.24, 2.45) is 10.9 Å². The van der Waals surface area contributed by atoms with Gasteiger partial charge in [-0.25, -0.2) is 0 Å². The largest absolute Gasteiger partial charge is 0.486 e. The van der Waals surface area contributed by atoms with Crippen LogP contribution >= 0.6 is 0 Å². The molecular weight excluding hydrogens is 236 g/mol. The van der Waals surface area contributed by atoms with E-state index in [1.165, 1.54) is 0 Å². The topological polar surface area (TPSA) is 94.1 Å². The van der Waals surface area contributed by atoms with Gasteiger partial charge in [-0.2, -0.15) is 0 Å². The summed E-state index contributed by atoms with van der Waals surface area (Å²) in [6.07, 6.45) is -0.160. The molecule has 96 valence electrons. The lowest BCUT2D eigenvalue weighted by atomic mass is 10.1. The summed E-state index contributed by atoms with van der Waals surface area (Å²) in [5.74, 6) is 0.565. The maximum atomic E-state index is 11.1. The van der Waals surface area contributed by atoms with Crippen LogP contribution in [0.1, 0.15) is 18.9 Å². The Morgan fingerprint density at radius 1 is 1.67 bits per heavy atom. The summed E-state index contributed by atoms with van der Waals surface area (Å²) in [6.45, 7) is 2.04. The summed E-state index contributed by atoms with van der Waals surface area (Å²) in [4.78, 5) is 11.1. The van der Waals surface area contributed by atoms with Crippen molar-refractivity contribution in [1.82, 2.24) is 0 Å². The lowest BCUT2D eigenvalue weighted by Gasteiger charge is -2.14. The zero-order valence-corrected chi connectivity index (χ0v) is 9.92. The second kappa shape index (κ2) is 4.95. The molecule has 6 heteroatoms. The highest BCUT2D eigenvalue weighted by molar-refractivity contribution is 6.06. The average Bonchev–Trinajstić information content (AvgIpc) is 2.77. The molecule has 3 N–H and O–H groups in total. The summed E-state index contributed by atoms with van der Waals surface area (Å²) >= 11 is 0. The molecule has 6 nitrogen and oxygen atoms in total. The number of hydrogen-bond acceptors (Lipinski definition) is 5. The molecule has 0 radical (unpaired) electrons. The fraction of sp³-hybridized carbons (Fsp3) is 0.333. The van der Waals surface area contributed by atoms with E-state index < -0.39 is 12.0 Å². The molecule has 0 saturated carbocycles. The van der Waals surface area contributed by atoms with E-state index in [2.05, 4.69) is 5.16 Å². The number of carbonyl (C=O) groups is 1. The third-order valence-corrected chi connectivity index (χ3v) is 2.72. The number of primary amides is 1. The number of carbonyl (C=O) groups excluding carboxylic acids is 1. The fourth-order valence-electron chi connectivity index (χ4n) is 1.75. The molecule has 0 bridgehead atoms. The smallest absolute Gasteiger partial charge is 0.258 e. The van der Waals surface area contributed by atoms with Gasteiger partial charge in [0.1, 0.15) is 23.8 Å². The molecule has 0 saturated heterocycles. The van der Waals surface area contributed by atoms with Gasteiger partial charge in [-0.1, -0.05) is 12.1 Å². The Morgan fingerprint density at radius 3 is 3.06 bits per heavy atom. The van der Waals surface area contributed by atoms with Crippen molar-refractivity contribution in [2.75, 3.05) is 6.61 Å². The molecule has 1 unspecified atom stereocenters. The zero-order chi connectivity index (χ0) is 13.1. The summed E-state index contributed by atoms with van der Waals surface area (Å²) in [5.41, 5.74) is 6.39. The number of ether oxygens (including phenoxy) is 2. The number of benzene rings is 1. The Hall–Kier alpha value is -2.24. The molecule has 0 spiro atoms. The van der Waals surface area contributed by atoms with Crippen molar-refractivity contribution in [2.45, 2.75) is 19.4 Å². The molecule has 0 fully saturated rings. The van der Waals surface area contributed by atoms with Crippen molar-refractivity contribution in [3.05, 3.63) is 23.8 Å². The average molecular weight is 250 g/mol. The van der Waals surface area contributed by atoms with Crippen LogP contribution in [0.4, 0.5) is 0 Å². The van der Waals surface area contributed by atoms with Crippen molar-refractivity contribution in [3.63, 3.8) is 0 Å². The van der Waals surface area contributed by atoms with E-state index in [0.29, 0.717) is 23.6 Å². The van der Waals surface area contributed by atoms with Gasteiger partial charge in [-0.05, 0) is 18.6 Å². The predicted molar refractivity (Wildman–Crippen MR) is 64.2 cm³/mol. The van der Waals surface area contributed by atoms with E-state index in [1.807, 2.05) is 6.92 Å². The maximum Gasteiger partial charge on any atom is 0.258 e. The van der Waals surface area contributed by atoms with E-state index in [1.54, 1.807) is 18.2 Å². The Kier molecular flexibility index (Phi) is 3.36. The van der Waals surface area contributed by atoms with Gasteiger partial charge in [0, 0.05) is 11.6 Å². The number of hydrogen-bond donors (Lipinski definition) is 2. The summed E-state index contributed by atoms with van der Waals surface area (Å²) in [6, 6.07) is 5.06. The zero-order valence-electron chi connectivity index (χ0n) is 9.92. The Balaban J connectivity index is 2.20. The molecule has 1 heterocycles. The third kappa shape index (κ3) is 2.22. The van der Waals surface area contributed by atoms with Crippen molar-refractivity contribution < 1.29 is 19.5 Å². The first kappa shape index (κ1) is 12.2. The van der Waals surface area contributed by atoms with Gasteiger partial charge in [0.25, 0.3) is 5.91 Å². The van der Waals surface area contributed by atoms with E-state index in [9.17, 15) is 4.79 Å². The number of oxime groups is 1. The lowest BCUT2D eigenvalue weighted by molar-refractivity contribution is -0.124.